The Labute approximate surface area is 170 Å². The lowest BCUT2D eigenvalue weighted by atomic mass is 10.1. The van der Waals surface area contributed by atoms with Gasteiger partial charge in [0.1, 0.15) is 0 Å². The second-order valence-corrected chi connectivity index (χ2v) is 10.1. The fraction of sp³-hybridized carbons (Fsp3) is 0.450. The molecule has 6 nitrogen and oxygen atoms in total. The van der Waals surface area contributed by atoms with Crippen molar-refractivity contribution in [1.29, 1.82) is 0 Å². The summed E-state index contributed by atoms with van der Waals surface area (Å²) in [6.07, 6.45) is 1.97. The number of sulfonamides is 1. The molecule has 1 aliphatic heterocycles. The number of carbonyl (C=O) groups is 1. The zero-order chi connectivity index (χ0) is 20.3. The van der Waals surface area contributed by atoms with E-state index in [4.69, 9.17) is 4.74 Å². The summed E-state index contributed by atoms with van der Waals surface area (Å²) < 4.78 is 32.7. The van der Waals surface area contributed by atoms with Gasteiger partial charge in [-0.25, -0.2) is 8.42 Å². The molecule has 1 aromatic heterocycles. The molecule has 152 valence electrons. The van der Waals surface area contributed by atoms with Crippen LogP contribution in [-0.2, 0) is 21.2 Å². The van der Waals surface area contributed by atoms with Gasteiger partial charge in [0.05, 0.1) is 23.0 Å². The van der Waals surface area contributed by atoms with Crippen LogP contribution in [-0.4, -0.2) is 44.9 Å². The molecule has 8 heteroatoms. The average molecular weight is 423 g/mol. The Balaban J connectivity index is 1.83. The van der Waals surface area contributed by atoms with Crippen LogP contribution in [0.2, 0.25) is 0 Å². The average Bonchev–Trinajstić information content (AvgIpc) is 3.05. The number of carbonyl (C=O) groups excluding carboxylic acids is 1. The minimum Gasteiger partial charge on any atom is -0.379 e. The van der Waals surface area contributed by atoms with Crippen molar-refractivity contribution in [3.05, 3.63) is 45.1 Å². The van der Waals surface area contributed by atoms with Gasteiger partial charge in [-0.05, 0) is 49.6 Å². The maximum absolute atomic E-state index is 13.0. The minimum atomic E-state index is -3.62. The van der Waals surface area contributed by atoms with Crippen LogP contribution in [0.25, 0.3) is 0 Å². The number of benzene rings is 1. The number of hydrogen-bond donors (Lipinski definition) is 1. The number of anilines is 1. The largest absolute Gasteiger partial charge is 0.379 e. The van der Waals surface area contributed by atoms with E-state index in [1.807, 2.05) is 13.0 Å². The van der Waals surface area contributed by atoms with Gasteiger partial charge in [-0.15, -0.1) is 11.3 Å². The highest BCUT2D eigenvalue weighted by molar-refractivity contribution is 7.89. The molecule has 28 heavy (non-hydrogen) atoms. The van der Waals surface area contributed by atoms with Crippen molar-refractivity contribution in [3.8, 4) is 0 Å². The fourth-order valence-electron chi connectivity index (χ4n) is 3.22. The Hall–Kier alpha value is -1.74. The van der Waals surface area contributed by atoms with Crippen LogP contribution in [0.1, 0.15) is 39.0 Å². The number of amides is 1. The molecule has 0 spiro atoms. The number of nitrogens with zero attached hydrogens (tertiary/aromatic N) is 1. The summed E-state index contributed by atoms with van der Waals surface area (Å²) >= 11 is 1.46. The Morgan fingerprint density at radius 2 is 1.93 bits per heavy atom. The van der Waals surface area contributed by atoms with Crippen molar-refractivity contribution in [2.45, 2.75) is 38.5 Å². The van der Waals surface area contributed by atoms with E-state index in [2.05, 4.69) is 12.2 Å². The van der Waals surface area contributed by atoms with E-state index in [1.165, 1.54) is 21.2 Å². The molecule has 2 aromatic rings. The monoisotopic (exact) mass is 422 g/mol. The van der Waals surface area contributed by atoms with E-state index in [0.717, 1.165) is 17.7 Å². The maximum Gasteiger partial charge on any atom is 0.265 e. The number of thiophene rings is 1. The fourth-order valence-corrected chi connectivity index (χ4v) is 5.85. The Morgan fingerprint density at radius 1 is 1.21 bits per heavy atom. The van der Waals surface area contributed by atoms with Gasteiger partial charge >= 0.3 is 0 Å². The molecule has 1 aliphatic rings. The topological polar surface area (TPSA) is 75.7 Å². The smallest absolute Gasteiger partial charge is 0.265 e. The highest BCUT2D eigenvalue weighted by Gasteiger charge is 2.28. The van der Waals surface area contributed by atoms with Crippen LogP contribution < -0.4 is 5.32 Å². The second-order valence-electron chi connectivity index (χ2n) is 6.89. The second kappa shape index (κ2) is 8.73. The normalized spacial score (nSPS) is 15.5. The zero-order valence-electron chi connectivity index (χ0n) is 16.4. The lowest BCUT2D eigenvalue weighted by molar-refractivity contribution is 0.0730. The first-order valence-corrected chi connectivity index (χ1v) is 11.7. The molecule has 2 heterocycles. The first-order chi connectivity index (χ1) is 13.3. The highest BCUT2D eigenvalue weighted by Crippen LogP contribution is 2.27. The molecule has 0 aliphatic carbocycles. The van der Waals surface area contributed by atoms with Crippen LogP contribution >= 0.6 is 11.3 Å². The van der Waals surface area contributed by atoms with Crippen LogP contribution in [0.4, 0.5) is 5.69 Å². The van der Waals surface area contributed by atoms with E-state index >= 15 is 0 Å². The summed E-state index contributed by atoms with van der Waals surface area (Å²) in [4.78, 5) is 14.7. The summed E-state index contributed by atoms with van der Waals surface area (Å²) in [5, 5.41) is 2.85. The summed E-state index contributed by atoms with van der Waals surface area (Å²) in [7, 11) is -3.62. The standard InChI is InChI=1S/C20H26N2O4S2/c1-4-5-16-12-18(27-15(16)3)20(23)21-17-7-6-14(2)19(13-17)28(24,25)22-8-10-26-11-9-22/h6-7,12-13H,4-5,8-11H2,1-3H3,(H,21,23). The van der Waals surface area contributed by atoms with Crippen LogP contribution in [0.15, 0.2) is 29.2 Å². The van der Waals surface area contributed by atoms with E-state index in [0.29, 0.717) is 42.4 Å². The first-order valence-electron chi connectivity index (χ1n) is 9.42. The SMILES string of the molecule is CCCc1cc(C(=O)Nc2ccc(C)c(S(=O)(=O)N3CCOCC3)c2)sc1C. The van der Waals surface area contributed by atoms with Crippen molar-refractivity contribution >= 4 is 33.0 Å². The van der Waals surface area contributed by atoms with Gasteiger partial charge in [0.25, 0.3) is 5.91 Å². The van der Waals surface area contributed by atoms with Crippen molar-refractivity contribution in [2.24, 2.45) is 0 Å². The summed E-state index contributed by atoms with van der Waals surface area (Å²) in [5.74, 6) is -0.214. The number of aryl methyl sites for hydroxylation is 3. The van der Waals surface area contributed by atoms with E-state index in [-0.39, 0.29) is 10.8 Å². The van der Waals surface area contributed by atoms with Gasteiger partial charge in [-0.3, -0.25) is 4.79 Å². The van der Waals surface area contributed by atoms with Gasteiger partial charge in [-0.2, -0.15) is 4.31 Å². The third-order valence-electron chi connectivity index (χ3n) is 4.80. The summed E-state index contributed by atoms with van der Waals surface area (Å²) in [6.45, 7) is 7.36. The third kappa shape index (κ3) is 4.46. The van der Waals surface area contributed by atoms with Gasteiger partial charge in [0, 0.05) is 23.7 Å². The van der Waals surface area contributed by atoms with Crippen molar-refractivity contribution in [1.82, 2.24) is 4.31 Å². The molecule has 1 N–H and O–H groups in total. The van der Waals surface area contributed by atoms with Crippen LogP contribution in [0, 0.1) is 13.8 Å². The van der Waals surface area contributed by atoms with Gasteiger partial charge in [0.15, 0.2) is 0 Å². The first kappa shape index (κ1) is 21.0. The van der Waals surface area contributed by atoms with Crippen molar-refractivity contribution in [2.75, 3.05) is 31.6 Å². The molecule has 1 amide bonds. The molecule has 1 aromatic carbocycles. The number of morpholine rings is 1. The molecule has 0 unspecified atom stereocenters. The summed E-state index contributed by atoms with van der Waals surface area (Å²) in [5.41, 5.74) is 2.32. The number of ether oxygens (including phenoxy) is 1. The molecular formula is C20H26N2O4S2. The maximum atomic E-state index is 13.0. The van der Waals surface area contributed by atoms with Crippen LogP contribution in [0.3, 0.4) is 0 Å². The number of rotatable bonds is 6. The molecule has 0 radical (unpaired) electrons. The number of nitrogens with one attached hydrogen (secondary N) is 1. The lowest BCUT2D eigenvalue weighted by Gasteiger charge is -2.26. The Bertz CT molecular complexity index is 961. The third-order valence-corrected chi connectivity index (χ3v) is 7.93. The van der Waals surface area contributed by atoms with E-state index in [9.17, 15) is 13.2 Å². The number of hydrogen-bond acceptors (Lipinski definition) is 5. The zero-order valence-corrected chi connectivity index (χ0v) is 18.1. The van der Waals surface area contributed by atoms with Crippen molar-refractivity contribution in [3.63, 3.8) is 0 Å². The molecule has 3 rings (SSSR count). The van der Waals surface area contributed by atoms with Crippen molar-refractivity contribution < 1.29 is 17.9 Å². The Morgan fingerprint density at radius 3 is 2.61 bits per heavy atom. The lowest BCUT2D eigenvalue weighted by Crippen LogP contribution is -2.40. The Kier molecular flexibility index (Phi) is 6.54. The molecule has 0 bridgehead atoms. The molecule has 1 saturated heterocycles. The van der Waals surface area contributed by atoms with Crippen LogP contribution in [0.5, 0.6) is 0 Å². The molecule has 0 atom stereocenters. The van der Waals surface area contributed by atoms with Gasteiger partial charge in [0.2, 0.25) is 10.0 Å². The van der Waals surface area contributed by atoms with Gasteiger partial charge < -0.3 is 10.1 Å². The minimum absolute atomic E-state index is 0.214. The predicted molar refractivity (Wildman–Crippen MR) is 112 cm³/mol. The predicted octanol–water partition coefficient (Wildman–Crippen LogP) is 3.59. The molecule has 0 saturated carbocycles. The highest BCUT2D eigenvalue weighted by atomic mass is 32.2. The van der Waals surface area contributed by atoms with E-state index < -0.39 is 10.0 Å². The summed E-state index contributed by atoms with van der Waals surface area (Å²) in [6, 6.07) is 6.94. The van der Waals surface area contributed by atoms with E-state index in [1.54, 1.807) is 25.1 Å². The van der Waals surface area contributed by atoms with Gasteiger partial charge in [-0.1, -0.05) is 19.4 Å². The molecular weight excluding hydrogens is 396 g/mol. The quantitative estimate of drug-likeness (QED) is 0.772. The molecule has 1 fully saturated rings.